The summed E-state index contributed by atoms with van der Waals surface area (Å²) < 4.78 is 16.1. The van der Waals surface area contributed by atoms with E-state index < -0.39 is 0 Å². The van der Waals surface area contributed by atoms with Crippen molar-refractivity contribution in [3.63, 3.8) is 0 Å². The zero-order valence-electron chi connectivity index (χ0n) is 12.8. The quantitative estimate of drug-likeness (QED) is 0.718. The smallest absolute Gasteiger partial charge is 0.170 e. The summed E-state index contributed by atoms with van der Waals surface area (Å²) >= 11 is 0. The Kier molecular flexibility index (Phi) is 3.83. The molecule has 0 aliphatic heterocycles. The minimum absolute atomic E-state index is 0.747. The van der Waals surface area contributed by atoms with Crippen LogP contribution in [-0.4, -0.2) is 19.4 Å². The second-order valence-electron chi connectivity index (χ2n) is 4.95. The molecule has 3 aromatic rings. The van der Waals surface area contributed by atoms with Crippen LogP contribution < -0.4 is 9.47 Å². The Bertz CT molecular complexity index is 728. The van der Waals surface area contributed by atoms with Crippen molar-refractivity contribution in [1.29, 1.82) is 0 Å². The first-order valence-corrected chi connectivity index (χ1v) is 6.98. The van der Waals surface area contributed by atoms with Gasteiger partial charge in [0.1, 0.15) is 17.2 Å². The van der Waals surface area contributed by atoms with E-state index in [2.05, 4.69) is 5.16 Å². The van der Waals surface area contributed by atoms with Gasteiger partial charge in [-0.3, -0.25) is 0 Å². The van der Waals surface area contributed by atoms with Crippen molar-refractivity contribution in [3.8, 4) is 34.1 Å². The van der Waals surface area contributed by atoms with Crippen molar-refractivity contribution in [2.24, 2.45) is 0 Å². The summed E-state index contributed by atoms with van der Waals surface area (Å²) in [5.74, 6) is 2.33. The van der Waals surface area contributed by atoms with Gasteiger partial charge in [0, 0.05) is 16.7 Å². The number of methoxy groups -OCH3 is 2. The van der Waals surface area contributed by atoms with Crippen molar-refractivity contribution < 1.29 is 14.0 Å². The third-order valence-electron chi connectivity index (χ3n) is 3.60. The summed E-state index contributed by atoms with van der Waals surface area (Å²) in [6.07, 6.45) is 0. The summed E-state index contributed by atoms with van der Waals surface area (Å²) in [5.41, 5.74) is 3.71. The molecule has 0 amide bonds. The van der Waals surface area contributed by atoms with Crippen molar-refractivity contribution in [3.05, 3.63) is 54.1 Å². The molecule has 0 bridgehead atoms. The maximum absolute atomic E-state index is 5.56. The van der Waals surface area contributed by atoms with E-state index in [9.17, 15) is 0 Å². The van der Waals surface area contributed by atoms with Crippen molar-refractivity contribution >= 4 is 0 Å². The zero-order valence-corrected chi connectivity index (χ0v) is 12.8. The number of aromatic nitrogens is 1. The molecule has 1 aromatic heterocycles. The largest absolute Gasteiger partial charge is 0.497 e. The third kappa shape index (κ3) is 2.55. The van der Waals surface area contributed by atoms with Gasteiger partial charge >= 0.3 is 0 Å². The summed E-state index contributed by atoms with van der Waals surface area (Å²) in [5, 5.41) is 4.22. The molecular weight excluding hydrogens is 278 g/mol. The van der Waals surface area contributed by atoms with Gasteiger partial charge in [-0.15, -0.1) is 0 Å². The number of hydrogen-bond donors (Lipinski definition) is 0. The molecule has 4 nitrogen and oxygen atoms in total. The summed E-state index contributed by atoms with van der Waals surface area (Å²) in [6, 6.07) is 15.5. The van der Waals surface area contributed by atoms with Crippen LogP contribution in [0.1, 0.15) is 5.56 Å². The van der Waals surface area contributed by atoms with Crippen molar-refractivity contribution in [1.82, 2.24) is 5.16 Å². The molecule has 0 spiro atoms. The lowest BCUT2D eigenvalue weighted by atomic mass is 10.0. The van der Waals surface area contributed by atoms with Crippen LogP contribution in [0, 0.1) is 6.92 Å². The fourth-order valence-electron chi connectivity index (χ4n) is 2.41. The Hall–Kier alpha value is -2.75. The van der Waals surface area contributed by atoms with Crippen LogP contribution in [-0.2, 0) is 0 Å². The van der Waals surface area contributed by atoms with Gasteiger partial charge in [-0.25, -0.2) is 0 Å². The van der Waals surface area contributed by atoms with Crippen LogP contribution in [0.3, 0.4) is 0 Å². The molecule has 3 rings (SSSR count). The van der Waals surface area contributed by atoms with Gasteiger partial charge in [0.05, 0.1) is 14.2 Å². The van der Waals surface area contributed by atoms with E-state index in [1.54, 1.807) is 14.2 Å². The molecule has 4 heteroatoms. The first-order valence-electron chi connectivity index (χ1n) is 6.98. The predicted molar refractivity (Wildman–Crippen MR) is 85.2 cm³/mol. The summed E-state index contributed by atoms with van der Waals surface area (Å²) in [6.45, 7) is 2.00. The number of rotatable bonds is 4. The minimum Gasteiger partial charge on any atom is -0.497 e. The molecule has 22 heavy (non-hydrogen) atoms. The fourth-order valence-corrected chi connectivity index (χ4v) is 2.41. The monoisotopic (exact) mass is 295 g/mol. The highest BCUT2D eigenvalue weighted by atomic mass is 16.5. The minimum atomic E-state index is 0.747. The Morgan fingerprint density at radius 1 is 0.864 bits per heavy atom. The highest BCUT2D eigenvalue weighted by molar-refractivity contribution is 5.73. The maximum atomic E-state index is 5.56. The molecule has 0 saturated carbocycles. The zero-order chi connectivity index (χ0) is 15.5. The van der Waals surface area contributed by atoms with Crippen LogP contribution in [0.2, 0.25) is 0 Å². The highest BCUT2D eigenvalue weighted by Gasteiger charge is 2.16. The molecule has 0 aliphatic rings. The predicted octanol–water partition coefficient (Wildman–Crippen LogP) is 4.33. The first kappa shape index (κ1) is 14.2. The van der Waals surface area contributed by atoms with E-state index in [0.29, 0.717) is 0 Å². The average Bonchev–Trinajstić information content (AvgIpc) is 2.96. The molecule has 1 heterocycles. The molecule has 0 fully saturated rings. The molecular formula is C18H17NO3. The number of ether oxygens (including phenoxy) is 2. The summed E-state index contributed by atoms with van der Waals surface area (Å²) in [7, 11) is 3.30. The van der Waals surface area contributed by atoms with Crippen LogP contribution in [0.15, 0.2) is 53.1 Å². The SMILES string of the molecule is COc1cccc(-c2noc(-c3cccc(OC)c3)c2C)c1. The third-order valence-corrected chi connectivity index (χ3v) is 3.60. The van der Waals surface area contributed by atoms with E-state index in [0.717, 1.165) is 39.6 Å². The fraction of sp³-hybridized carbons (Fsp3) is 0.167. The Labute approximate surface area is 129 Å². The van der Waals surface area contributed by atoms with Crippen LogP contribution in [0.25, 0.3) is 22.6 Å². The average molecular weight is 295 g/mol. The molecule has 0 N–H and O–H groups in total. The van der Waals surface area contributed by atoms with Crippen molar-refractivity contribution in [2.45, 2.75) is 6.92 Å². The van der Waals surface area contributed by atoms with E-state index in [1.165, 1.54) is 0 Å². The Balaban J connectivity index is 2.04. The first-order chi connectivity index (χ1) is 10.7. The lowest BCUT2D eigenvalue weighted by Gasteiger charge is -2.03. The van der Waals surface area contributed by atoms with Gasteiger partial charge in [-0.1, -0.05) is 29.4 Å². The number of benzene rings is 2. The molecule has 0 radical (unpaired) electrons. The number of hydrogen-bond acceptors (Lipinski definition) is 4. The van der Waals surface area contributed by atoms with Gasteiger partial charge in [-0.2, -0.15) is 0 Å². The topological polar surface area (TPSA) is 44.5 Å². The maximum Gasteiger partial charge on any atom is 0.170 e. The van der Waals surface area contributed by atoms with Gasteiger partial charge in [0.15, 0.2) is 5.76 Å². The van der Waals surface area contributed by atoms with Crippen molar-refractivity contribution in [2.75, 3.05) is 14.2 Å². The van der Waals surface area contributed by atoms with Crippen LogP contribution >= 0.6 is 0 Å². The van der Waals surface area contributed by atoms with E-state index >= 15 is 0 Å². The molecule has 0 atom stereocenters. The van der Waals surface area contributed by atoms with Gasteiger partial charge in [0.25, 0.3) is 0 Å². The lowest BCUT2D eigenvalue weighted by molar-refractivity contribution is 0.413. The summed E-state index contributed by atoms with van der Waals surface area (Å²) in [4.78, 5) is 0. The second-order valence-corrected chi connectivity index (χ2v) is 4.95. The van der Waals surface area contributed by atoms with Gasteiger partial charge < -0.3 is 14.0 Å². The molecule has 0 aliphatic carbocycles. The molecule has 112 valence electrons. The normalized spacial score (nSPS) is 10.5. The van der Waals surface area contributed by atoms with Crippen LogP contribution in [0.4, 0.5) is 0 Å². The molecule has 2 aromatic carbocycles. The number of nitrogens with zero attached hydrogens (tertiary/aromatic N) is 1. The molecule has 0 unspecified atom stereocenters. The van der Waals surface area contributed by atoms with E-state index in [4.69, 9.17) is 14.0 Å². The Morgan fingerprint density at radius 3 is 2.09 bits per heavy atom. The lowest BCUT2D eigenvalue weighted by Crippen LogP contribution is -1.86. The van der Waals surface area contributed by atoms with Gasteiger partial charge in [-0.05, 0) is 31.2 Å². The van der Waals surface area contributed by atoms with Crippen LogP contribution in [0.5, 0.6) is 11.5 Å². The van der Waals surface area contributed by atoms with E-state index in [-0.39, 0.29) is 0 Å². The van der Waals surface area contributed by atoms with E-state index in [1.807, 2.05) is 55.5 Å². The molecule has 0 saturated heterocycles. The second kappa shape index (κ2) is 5.93. The standard InChI is InChI=1S/C18H17NO3/c1-12-17(13-6-4-8-15(10-13)20-2)19-22-18(12)14-7-5-9-16(11-14)21-3/h4-11H,1-3H3. The Morgan fingerprint density at radius 2 is 1.45 bits per heavy atom. The van der Waals surface area contributed by atoms with Gasteiger partial charge in [0.2, 0.25) is 0 Å². The highest BCUT2D eigenvalue weighted by Crippen LogP contribution is 2.33.